The summed E-state index contributed by atoms with van der Waals surface area (Å²) < 4.78 is 6.91. The summed E-state index contributed by atoms with van der Waals surface area (Å²) >= 11 is 0. The number of ketones is 1. The second-order valence-corrected chi connectivity index (χ2v) is 6.18. The molecule has 8 nitrogen and oxygen atoms in total. The summed E-state index contributed by atoms with van der Waals surface area (Å²) in [6.45, 7) is 4.00. The minimum absolute atomic E-state index is 0.00115. The fourth-order valence-corrected chi connectivity index (χ4v) is 2.98. The van der Waals surface area contributed by atoms with Crippen LogP contribution < -0.4 is 17.0 Å². The van der Waals surface area contributed by atoms with E-state index in [-0.39, 0.29) is 35.9 Å². The monoisotopic (exact) mass is 322 g/mol. The van der Waals surface area contributed by atoms with Gasteiger partial charge < -0.3 is 10.5 Å². The maximum absolute atomic E-state index is 12.6. The molecule has 126 valence electrons. The zero-order valence-corrected chi connectivity index (χ0v) is 13.2. The summed E-state index contributed by atoms with van der Waals surface area (Å²) in [4.78, 5) is 40.7. The van der Waals surface area contributed by atoms with Gasteiger partial charge >= 0.3 is 5.69 Å². The number of ether oxygens (including phenoxy) is 1. The van der Waals surface area contributed by atoms with Crippen LogP contribution in [0.1, 0.15) is 42.6 Å². The van der Waals surface area contributed by atoms with Gasteiger partial charge in [0.2, 0.25) is 0 Å². The van der Waals surface area contributed by atoms with Crippen LogP contribution in [0.2, 0.25) is 0 Å². The third-order valence-electron chi connectivity index (χ3n) is 4.42. The van der Waals surface area contributed by atoms with Gasteiger partial charge in [-0.1, -0.05) is 6.92 Å². The molecule has 1 saturated heterocycles. The highest BCUT2D eigenvalue weighted by molar-refractivity contribution is 6.01. The predicted molar refractivity (Wildman–Crippen MR) is 84.8 cm³/mol. The molecule has 1 aromatic heterocycles. The van der Waals surface area contributed by atoms with E-state index in [9.17, 15) is 14.4 Å². The number of nitrogens with two attached hydrogens (primary N) is 1. The third-order valence-corrected chi connectivity index (χ3v) is 4.42. The molecule has 3 rings (SSSR count). The first-order valence-electron chi connectivity index (χ1n) is 8.02. The van der Waals surface area contributed by atoms with E-state index < -0.39 is 11.2 Å². The van der Waals surface area contributed by atoms with Gasteiger partial charge in [-0.05, 0) is 19.3 Å². The topological polar surface area (TPSA) is 110 Å². The van der Waals surface area contributed by atoms with Crippen LogP contribution in [-0.2, 0) is 4.74 Å². The average molecular weight is 322 g/mol. The van der Waals surface area contributed by atoms with E-state index in [1.165, 1.54) is 4.57 Å². The summed E-state index contributed by atoms with van der Waals surface area (Å²) in [5.41, 5.74) is 4.63. The molecular weight excluding hydrogens is 300 g/mol. The number of nitrogens with zero attached hydrogens (tertiary/aromatic N) is 2. The molecular formula is C15H22N4O4. The molecule has 1 aliphatic carbocycles. The van der Waals surface area contributed by atoms with Crippen LogP contribution in [0.5, 0.6) is 0 Å². The van der Waals surface area contributed by atoms with Crippen molar-refractivity contribution >= 4 is 11.6 Å². The maximum Gasteiger partial charge on any atom is 0.330 e. The van der Waals surface area contributed by atoms with Crippen LogP contribution in [0, 0.1) is 0 Å². The Morgan fingerprint density at radius 2 is 2.13 bits per heavy atom. The first-order chi connectivity index (χ1) is 11.0. The number of morpholine rings is 1. The lowest BCUT2D eigenvalue weighted by Crippen LogP contribution is -2.45. The Morgan fingerprint density at radius 1 is 1.39 bits per heavy atom. The number of rotatable bonds is 5. The van der Waals surface area contributed by atoms with Gasteiger partial charge in [0, 0.05) is 19.1 Å². The molecule has 1 atom stereocenters. The van der Waals surface area contributed by atoms with Crippen LogP contribution in [0.3, 0.4) is 0 Å². The van der Waals surface area contributed by atoms with Crippen LogP contribution >= 0.6 is 0 Å². The van der Waals surface area contributed by atoms with Gasteiger partial charge in [-0.3, -0.25) is 24.0 Å². The number of nitrogens with one attached hydrogen (secondary N) is 1. The third kappa shape index (κ3) is 3.23. The maximum atomic E-state index is 12.6. The number of hydrogen-bond acceptors (Lipinski definition) is 6. The highest BCUT2D eigenvalue weighted by Gasteiger charge is 2.31. The lowest BCUT2D eigenvalue weighted by atomic mass is 10.1. The second kappa shape index (κ2) is 6.29. The van der Waals surface area contributed by atoms with Gasteiger partial charge in [0.25, 0.3) is 5.56 Å². The number of Topliss-reactive ketones (excluding diaryl/α,β-unsaturated/α-hetero) is 1. The smallest absolute Gasteiger partial charge is 0.330 e. The van der Waals surface area contributed by atoms with Crippen LogP contribution in [-0.4, -0.2) is 52.6 Å². The zero-order chi connectivity index (χ0) is 16.6. The van der Waals surface area contributed by atoms with Crippen molar-refractivity contribution in [2.45, 2.75) is 38.3 Å². The van der Waals surface area contributed by atoms with Crippen molar-refractivity contribution in [3.05, 3.63) is 26.4 Å². The predicted octanol–water partition coefficient (Wildman–Crippen LogP) is -0.253. The Kier molecular flexibility index (Phi) is 4.36. The summed E-state index contributed by atoms with van der Waals surface area (Å²) in [6, 6.07) is -0.00115. The molecule has 0 bridgehead atoms. The van der Waals surface area contributed by atoms with Gasteiger partial charge in [0.1, 0.15) is 11.4 Å². The molecule has 0 spiro atoms. The lowest BCUT2D eigenvalue weighted by Gasteiger charge is -2.31. The molecule has 1 saturated carbocycles. The van der Waals surface area contributed by atoms with E-state index in [0.717, 1.165) is 19.3 Å². The van der Waals surface area contributed by atoms with Crippen molar-refractivity contribution in [1.29, 1.82) is 0 Å². The normalized spacial score (nSPS) is 22.2. The number of carbonyl (C=O) groups excluding carboxylic acids is 1. The van der Waals surface area contributed by atoms with Crippen LogP contribution in [0.15, 0.2) is 9.59 Å². The molecule has 1 aliphatic heterocycles. The van der Waals surface area contributed by atoms with E-state index in [2.05, 4.69) is 4.98 Å². The minimum atomic E-state index is -0.699. The van der Waals surface area contributed by atoms with E-state index in [4.69, 9.17) is 10.5 Å². The van der Waals surface area contributed by atoms with Gasteiger partial charge in [-0.25, -0.2) is 4.79 Å². The number of anilines is 1. The number of hydrogen-bond donors (Lipinski definition) is 2. The standard InChI is InChI=1S/C15H22N4O4/c1-2-10-7-18(5-6-23-10)8-11(20)12-13(16)19(9-3-4-9)15(22)17-14(12)21/h9-10H,2-8,16H2,1H3,(H,17,21,22)/t10-/m0/s1. The molecule has 23 heavy (non-hydrogen) atoms. The fraction of sp³-hybridized carbons (Fsp3) is 0.667. The van der Waals surface area contributed by atoms with Gasteiger partial charge in [0.15, 0.2) is 5.78 Å². The highest BCUT2D eigenvalue weighted by atomic mass is 16.5. The average Bonchev–Trinajstić information content (AvgIpc) is 3.31. The molecule has 2 fully saturated rings. The van der Waals surface area contributed by atoms with Crippen molar-refractivity contribution < 1.29 is 9.53 Å². The molecule has 0 radical (unpaired) electrons. The quantitative estimate of drug-likeness (QED) is 0.723. The number of H-pyrrole nitrogens is 1. The van der Waals surface area contributed by atoms with Gasteiger partial charge in [-0.15, -0.1) is 0 Å². The number of aromatic nitrogens is 2. The molecule has 0 aromatic carbocycles. The summed E-state index contributed by atoms with van der Waals surface area (Å²) in [5, 5.41) is 0. The van der Waals surface area contributed by atoms with Crippen molar-refractivity contribution in [3.8, 4) is 0 Å². The van der Waals surface area contributed by atoms with Crippen molar-refractivity contribution in [2.24, 2.45) is 0 Å². The largest absolute Gasteiger partial charge is 0.384 e. The second-order valence-electron chi connectivity index (χ2n) is 6.18. The van der Waals surface area contributed by atoms with E-state index in [1.54, 1.807) is 0 Å². The molecule has 2 heterocycles. The lowest BCUT2D eigenvalue weighted by molar-refractivity contribution is -0.0271. The van der Waals surface area contributed by atoms with Gasteiger partial charge in [-0.2, -0.15) is 0 Å². The Hall–Kier alpha value is -1.93. The van der Waals surface area contributed by atoms with E-state index >= 15 is 0 Å². The molecule has 2 aliphatic rings. The summed E-state index contributed by atoms with van der Waals surface area (Å²) in [7, 11) is 0. The van der Waals surface area contributed by atoms with E-state index in [0.29, 0.717) is 19.7 Å². The first-order valence-corrected chi connectivity index (χ1v) is 8.02. The van der Waals surface area contributed by atoms with Gasteiger partial charge in [0.05, 0.1) is 19.3 Å². The first kappa shape index (κ1) is 15.9. The Balaban J connectivity index is 1.83. The van der Waals surface area contributed by atoms with Crippen LogP contribution in [0.25, 0.3) is 0 Å². The van der Waals surface area contributed by atoms with Crippen molar-refractivity contribution in [2.75, 3.05) is 32.0 Å². The van der Waals surface area contributed by atoms with Crippen molar-refractivity contribution in [3.63, 3.8) is 0 Å². The molecule has 0 unspecified atom stereocenters. The number of carbonyl (C=O) groups is 1. The van der Waals surface area contributed by atoms with Crippen LogP contribution in [0.4, 0.5) is 5.82 Å². The molecule has 3 N–H and O–H groups in total. The Labute approximate surface area is 133 Å². The fourth-order valence-electron chi connectivity index (χ4n) is 2.98. The minimum Gasteiger partial charge on any atom is -0.384 e. The SMILES string of the molecule is CC[C@H]1CN(CC(=O)c2c(N)n(C3CC3)c(=O)[nH]c2=O)CCO1. The Bertz CT molecular complexity index is 719. The van der Waals surface area contributed by atoms with E-state index in [1.807, 2.05) is 11.8 Å². The zero-order valence-electron chi connectivity index (χ0n) is 13.2. The Morgan fingerprint density at radius 3 is 2.78 bits per heavy atom. The summed E-state index contributed by atoms with van der Waals surface area (Å²) in [5.74, 6) is -0.360. The molecule has 1 aromatic rings. The highest BCUT2D eigenvalue weighted by Crippen LogP contribution is 2.35. The number of nitrogen functional groups attached to an aromatic ring is 1. The van der Waals surface area contributed by atoms with Crippen molar-refractivity contribution in [1.82, 2.24) is 14.5 Å². The molecule has 8 heteroatoms. The molecule has 0 amide bonds. The number of aromatic amines is 1. The summed E-state index contributed by atoms with van der Waals surface area (Å²) in [6.07, 6.45) is 2.66.